The maximum absolute atomic E-state index is 5.71. The second kappa shape index (κ2) is 10.6. The Kier molecular flexibility index (Phi) is 7.29. The monoisotopic (exact) mass is 485 g/mol. The van der Waals surface area contributed by atoms with Gasteiger partial charge in [-0.2, -0.15) is 0 Å². The van der Waals surface area contributed by atoms with Crippen molar-refractivity contribution in [1.82, 2.24) is 4.98 Å². The number of hydrogen-bond acceptors (Lipinski definition) is 5. The molecular formula is C31H39N3O2. The summed E-state index contributed by atoms with van der Waals surface area (Å²) in [7, 11) is 1.77. The molecule has 3 aliphatic rings. The van der Waals surface area contributed by atoms with Crippen LogP contribution in [0.15, 0.2) is 47.2 Å². The van der Waals surface area contributed by atoms with E-state index < -0.39 is 0 Å². The SMILES string of the molecule is CCC1CNc2cc(-c3nc(C)ccc3C3=CCCC(CC4(C)CCOC4)N=C3)ccc2C=C1OC. The van der Waals surface area contributed by atoms with Crippen molar-refractivity contribution in [3.8, 4) is 11.3 Å². The average Bonchev–Trinajstić information content (AvgIpc) is 3.08. The maximum Gasteiger partial charge on any atom is 0.101 e. The summed E-state index contributed by atoms with van der Waals surface area (Å²) < 4.78 is 11.4. The quantitative estimate of drug-likeness (QED) is 0.482. The number of allylic oxidation sites excluding steroid dienone is 2. The molecule has 1 saturated heterocycles. The molecule has 0 aliphatic carbocycles. The van der Waals surface area contributed by atoms with Gasteiger partial charge < -0.3 is 14.8 Å². The molecule has 1 N–H and O–H groups in total. The van der Waals surface area contributed by atoms with Gasteiger partial charge in [0, 0.05) is 53.4 Å². The first-order chi connectivity index (χ1) is 17.5. The van der Waals surface area contributed by atoms with Crippen LogP contribution in [0, 0.1) is 18.3 Å². The van der Waals surface area contributed by atoms with Crippen LogP contribution in [-0.2, 0) is 9.47 Å². The molecule has 1 fully saturated rings. The molecule has 5 rings (SSSR count). The minimum atomic E-state index is 0.256. The Morgan fingerprint density at radius 3 is 2.89 bits per heavy atom. The van der Waals surface area contributed by atoms with Crippen LogP contribution in [0.25, 0.3) is 22.9 Å². The van der Waals surface area contributed by atoms with Crippen molar-refractivity contribution in [2.24, 2.45) is 16.3 Å². The molecule has 36 heavy (non-hydrogen) atoms. The van der Waals surface area contributed by atoms with E-state index in [9.17, 15) is 0 Å². The molecule has 1 aromatic carbocycles. The zero-order chi connectivity index (χ0) is 25.1. The van der Waals surface area contributed by atoms with Crippen LogP contribution in [0.2, 0.25) is 0 Å². The normalized spacial score (nSPS) is 25.8. The summed E-state index contributed by atoms with van der Waals surface area (Å²) in [6.07, 6.45) is 12.0. The van der Waals surface area contributed by atoms with Crippen molar-refractivity contribution in [2.45, 2.75) is 58.9 Å². The average molecular weight is 486 g/mol. The second-order valence-corrected chi connectivity index (χ2v) is 10.9. The standard InChI is InChI=1S/C31H39N3O2/c1-5-22-18-33-28-15-24(11-10-23(28)16-29(22)35-4)30-27(12-9-21(2)34-30)25-7-6-8-26(32-19-25)17-31(3)13-14-36-20-31/h7,9-12,15-16,19,22,26,33H,5-6,8,13-14,17-18,20H2,1-4H3. The molecule has 3 aliphatic heterocycles. The Bertz CT molecular complexity index is 1190. The van der Waals surface area contributed by atoms with Crippen LogP contribution in [0.3, 0.4) is 0 Å². The first-order valence-electron chi connectivity index (χ1n) is 13.4. The van der Waals surface area contributed by atoms with E-state index in [1.807, 2.05) is 0 Å². The van der Waals surface area contributed by atoms with Gasteiger partial charge >= 0.3 is 0 Å². The van der Waals surface area contributed by atoms with Crippen LogP contribution in [0.4, 0.5) is 5.69 Å². The van der Waals surface area contributed by atoms with Crippen LogP contribution in [0.1, 0.15) is 62.8 Å². The largest absolute Gasteiger partial charge is 0.501 e. The third kappa shape index (κ3) is 5.27. The van der Waals surface area contributed by atoms with E-state index in [1.54, 1.807) is 7.11 Å². The zero-order valence-corrected chi connectivity index (χ0v) is 22.1. The summed E-state index contributed by atoms with van der Waals surface area (Å²) in [6.45, 7) is 9.22. The second-order valence-electron chi connectivity index (χ2n) is 10.9. The van der Waals surface area contributed by atoms with E-state index in [4.69, 9.17) is 19.5 Å². The van der Waals surface area contributed by atoms with Crippen molar-refractivity contribution >= 4 is 23.6 Å². The zero-order valence-electron chi connectivity index (χ0n) is 22.1. The summed E-state index contributed by atoms with van der Waals surface area (Å²) >= 11 is 0. The van der Waals surface area contributed by atoms with Gasteiger partial charge in [0.15, 0.2) is 0 Å². The van der Waals surface area contributed by atoms with Gasteiger partial charge in [-0.15, -0.1) is 0 Å². The molecule has 2 aromatic rings. The number of ether oxygens (including phenoxy) is 2. The van der Waals surface area contributed by atoms with Crippen molar-refractivity contribution in [1.29, 1.82) is 0 Å². The highest BCUT2D eigenvalue weighted by Crippen LogP contribution is 2.37. The van der Waals surface area contributed by atoms with E-state index in [-0.39, 0.29) is 5.41 Å². The topological polar surface area (TPSA) is 55.7 Å². The number of nitrogens with one attached hydrogen (secondary N) is 1. The fourth-order valence-corrected chi connectivity index (χ4v) is 5.69. The Labute approximate surface area is 215 Å². The molecule has 0 spiro atoms. The third-order valence-electron chi connectivity index (χ3n) is 7.96. The summed E-state index contributed by atoms with van der Waals surface area (Å²) in [6, 6.07) is 11.3. The molecule has 1 aromatic heterocycles. The number of pyridine rings is 1. The van der Waals surface area contributed by atoms with Gasteiger partial charge in [0.2, 0.25) is 0 Å². The number of benzene rings is 1. The number of rotatable bonds is 6. The predicted molar refractivity (Wildman–Crippen MR) is 149 cm³/mol. The van der Waals surface area contributed by atoms with E-state index in [1.165, 1.54) is 5.57 Å². The first-order valence-corrected chi connectivity index (χ1v) is 13.4. The lowest BCUT2D eigenvalue weighted by atomic mass is 9.82. The number of methoxy groups -OCH3 is 1. The minimum Gasteiger partial charge on any atom is -0.501 e. The summed E-state index contributed by atoms with van der Waals surface area (Å²) in [4.78, 5) is 10.1. The van der Waals surface area contributed by atoms with E-state index in [0.717, 1.165) is 91.4 Å². The summed E-state index contributed by atoms with van der Waals surface area (Å²) in [5.41, 5.74) is 8.00. The molecular weight excluding hydrogens is 446 g/mol. The first kappa shape index (κ1) is 24.8. The summed E-state index contributed by atoms with van der Waals surface area (Å²) in [5, 5.41) is 3.66. The number of aromatic nitrogens is 1. The molecule has 4 heterocycles. The van der Waals surface area contributed by atoms with Crippen molar-refractivity contribution in [2.75, 3.05) is 32.2 Å². The number of anilines is 1. The molecule has 0 saturated carbocycles. The van der Waals surface area contributed by atoms with Crippen LogP contribution < -0.4 is 5.32 Å². The van der Waals surface area contributed by atoms with E-state index >= 15 is 0 Å². The number of nitrogens with zero attached hydrogens (tertiary/aromatic N) is 2. The smallest absolute Gasteiger partial charge is 0.101 e. The molecule has 5 heteroatoms. The Morgan fingerprint density at radius 1 is 1.22 bits per heavy atom. The van der Waals surface area contributed by atoms with Crippen LogP contribution in [0.5, 0.6) is 0 Å². The molecule has 0 amide bonds. The molecule has 5 nitrogen and oxygen atoms in total. The highest BCUT2D eigenvalue weighted by molar-refractivity contribution is 6.12. The molecule has 190 valence electrons. The molecule has 3 atom stereocenters. The van der Waals surface area contributed by atoms with Gasteiger partial charge in [-0.3, -0.25) is 9.98 Å². The fraction of sp³-hybridized carbons (Fsp3) is 0.484. The van der Waals surface area contributed by atoms with Gasteiger partial charge in [-0.25, -0.2) is 0 Å². The lowest BCUT2D eigenvalue weighted by Crippen LogP contribution is -2.22. The van der Waals surface area contributed by atoms with Gasteiger partial charge in [-0.05, 0) is 68.2 Å². The third-order valence-corrected chi connectivity index (χ3v) is 7.96. The highest BCUT2D eigenvalue weighted by Gasteiger charge is 2.32. The predicted octanol–water partition coefficient (Wildman–Crippen LogP) is 6.93. The summed E-state index contributed by atoms with van der Waals surface area (Å²) in [5.74, 6) is 1.41. The van der Waals surface area contributed by atoms with Gasteiger partial charge in [-0.1, -0.05) is 38.1 Å². The van der Waals surface area contributed by atoms with E-state index in [0.29, 0.717) is 12.0 Å². The van der Waals surface area contributed by atoms with E-state index in [2.05, 4.69) is 74.8 Å². The van der Waals surface area contributed by atoms with Crippen molar-refractivity contribution in [3.05, 3.63) is 59.0 Å². The Hall–Kier alpha value is -2.92. The maximum atomic E-state index is 5.71. The number of hydrogen-bond donors (Lipinski definition) is 1. The van der Waals surface area contributed by atoms with Crippen LogP contribution >= 0.6 is 0 Å². The molecule has 0 bridgehead atoms. The lowest BCUT2D eigenvalue weighted by Gasteiger charge is -2.25. The minimum absolute atomic E-state index is 0.256. The van der Waals surface area contributed by atoms with Crippen molar-refractivity contribution < 1.29 is 9.47 Å². The number of aliphatic imine (C=N–C) groups is 1. The Balaban J connectivity index is 1.44. The van der Waals surface area contributed by atoms with Gasteiger partial charge in [0.05, 0.1) is 25.5 Å². The fourth-order valence-electron chi connectivity index (χ4n) is 5.69. The Morgan fingerprint density at radius 2 is 2.11 bits per heavy atom. The van der Waals surface area contributed by atoms with Gasteiger partial charge in [0.1, 0.15) is 5.76 Å². The van der Waals surface area contributed by atoms with Crippen LogP contribution in [-0.4, -0.2) is 44.1 Å². The molecule has 3 unspecified atom stereocenters. The number of fused-ring (bicyclic) bond motifs is 1. The van der Waals surface area contributed by atoms with Crippen molar-refractivity contribution in [3.63, 3.8) is 0 Å². The highest BCUT2D eigenvalue weighted by atomic mass is 16.5. The van der Waals surface area contributed by atoms with Gasteiger partial charge in [0.25, 0.3) is 0 Å². The number of aryl methyl sites for hydroxylation is 1. The lowest BCUT2D eigenvalue weighted by molar-refractivity contribution is 0.150. The molecule has 0 radical (unpaired) electrons.